The number of halogens is 2. The molecule has 3 heterocycles. The summed E-state index contributed by atoms with van der Waals surface area (Å²) in [6.07, 6.45) is 0.00672. The fraction of sp³-hybridized carbons (Fsp3) is 0.333. The minimum Gasteiger partial charge on any atom is -0.477 e. The summed E-state index contributed by atoms with van der Waals surface area (Å²) < 4.78 is 0.340. The maximum absolute atomic E-state index is 12.2. The van der Waals surface area contributed by atoms with E-state index >= 15 is 0 Å². The summed E-state index contributed by atoms with van der Waals surface area (Å²) >= 11 is 14.1. The van der Waals surface area contributed by atoms with Crippen molar-refractivity contribution in [3.8, 4) is 0 Å². The van der Waals surface area contributed by atoms with Crippen LogP contribution in [0.2, 0.25) is 4.47 Å². The van der Waals surface area contributed by atoms with E-state index in [0.29, 0.717) is 10.2 Å². The van der Waals surface area contributed by atoms with E-state index in [0.717, 1.165) is 4.90 Å². The zero-order valence-electron chi connectivity index (χ0n) is 11.3. The third kappa shape index (κ3) is 3.06. The molecule has 0 aliphatic carbocycles. The molecule has 1 fully saturated rings. The van der Waals surface area contributed by atoms with Gasteiger partial charge in [-0.2, -0.15) is 0 Å². The van der Waals surface area contributed by atoms with Gasteiger partial charge >= 0.3 is 5.97 Å². The number of thioether (sulfide) groups is 1. The van der Waals surface area contributed by atoms with Crippen LogP contribution in [-0.4, -0.2) is 49.9 Å². The second kappa shape index (κ2) is 6.31. The van der Waals surface area contributed by atoms with Crippen molar-refractivity contribution in [1.29, 1.82) is 0 Å². The number of nitrogens with zero attached hydrogens (tertiary/aromatic N) is 2. The van der Waals surface area contributed by atoms with Gasteiger partial charge in [-0.25, -0.2) is 9.78 Å². The van der Waals surface area contributed by atoms with Crippen LogP contribution in [0.3, 0.4) is 0 Å². The van der Waals surface area contributed by atoms with E-state index in [2.05, 4.69) is 10.3 Å². The molecule has 0 saturated carbocycles. The maximum atomic E-state index is 12.2. The third-order valence-corrected chi connectivity index (χ3v) is 6.08. The first-order chi connectivity index (χ1) is 10.9. The molecular formula is C12H9Cl2N3O4S2. The Morgan fingerprint density at radius 2 is 2.22 bits per heavy atom. The zero-order chi connectivity index (χ0) is 16.7. The fourth-order valence-corrected chi connectivity index (χ4v) is 4.67. The molecule has 2 aliphatic heterocycles. The number of carboxylic acid groups (broad SMARTS) is 1. The van der Waals surface area contributed by atoms with Crippen LogP contribution in [0.5, 0.6) is 0 Å². The summed E-state index contributed by atoms with van der Waals surface area (Å²) in [5.74, 6) is -1.83. The van der Waals surface area contributed by atoms with E-state index in [1.165, 1.54) is 23.1 Å². The number of aromatic nitrogens is 1. The predicted molar refractivity (Wildman–Crippen MR) is 86.4 cm³/mol. The summed E-state index contributed by atoms with van der Waals surface area (Å²) in [5, 5.41) is 13.1. The number of aliphatic carboxylic acids is 1. The Morgan fingerprint density at radius 1 is 1.48 bits per heavy atom. The topological polar surface area (TPSA) is 99.6 Å². The Labute approximate surface area is 148 Å². The van der Waals surface area contributed by atoms with Crippen LogP contribution in [0.25, 0.3) is 0 Å². The Hall–Kier alpha value is -1.29. The normalized spacial score (nSPS) is 23.4. The van der Waals surface area contributed by atoms with Gasteiger partial charge in [0.05, 0.1) is 17.1 Å². The van der Waals surface area contributed by atoms with Crippen molar-refractivity contribution in [2.75, 3.05) is 5.75 Å². The van der Waals surface area contributed by atoms with Gasteiger partial charge in [-0.1, -0.05) is 23.2 Å². The molecule has 7 nitrogen and oxygen atoms in total. The lowest BCUT2D eigenvalue weighted by molar-refractivity contribution is -0.150. The predicted octanol–water partition coefficient (Wildman–Crippen LogP) is 1.27. The van der Waals surface area contributed by atoms with Crippen LogP contribution in [0.1, 0.15) is 5.69 Å². The zero-order valence-corrected chi connectivity index (χ0v) is 14.4. The molecule has 0 aromatic carbocycles. The molecule has 1 aromatic rings. The van der Waals surface area contributed by atoms with Crippen LogP contribution in [0.15, 0.2) is 16.1 Å². The molecule has 122 valence electrons. The lowest BCUT2D eigenvalue weighted by atomic mass is 10.0. The number of hydrogen-bond acceptors (Lipinski definition) is 6. The second-order valence-electron chi connectivity index (χ2n) is 4.78. The molecular weight excluding hydrogens is 385 g/mol. The van der Waals surface area contributed by atoms with Gasteiger partial charge < -0.3 is 10.4 Å². The van der Waals surface area contributed by atoms with Gasteiger partial charge in [0.15, 0.2) is 4.47 Å². The van der Waals surface area contributed by atoms with Crippen LogP contribution < -0.4 is 5.32 Å². The number of fused-ring (bicyclic) bond motifs is 1. The van der Waals surface area contributed by atoms with Crippen molar-refractivity contribution in [2.24, 2.45) is 0 Å². The smallest absolute Gasteiger partial charge is 0.353 e. The molecule has 2 N–H and O–H groups in total. The first kappa shape index (κ1) is 16.6. The summed E-state index contributed by atoms with van der Waals surface area (Å²) in [6, 6.07) is -0.763. The number of carbonyl (C=O) groups is 3. The number of carbonyl (C=O) groups excluding carboxylic acids is 2. The highest BCUT2D eigenvalue weighted by atomic mass is 35.5. The number of hydrogen-bond donors (Lipinski definition) is 2. The lowest BCUT2D eigenvalue weighted by Crippen LogP contribution is -2.70. The Kier molecular flexibility index (Phi) is 4.54. The number of β-lactam (4-membered cyclic amide) rings is 1. The van der Waals surface area contributed by atoms with E-state index in [-0.39, 0.29) is 28.8 Å². The lowest BCUT2D eigenvalue weighted by Gasteiger charge is -2.48. The van der Waals surface area contributed by atoms with Crippen LogP contribution in [0, 0.1) is 0 Å². The number of nitrogens with one attached hydrogen (secondary N) is 1. The third-order valence-electron chi connectivity index (χ3n) is 3.31. The molecule has 3 rings (SSSR count). The van der Waals surface area contributed by atoms with Crippen molar-refractivity contribution >= 4 is 64.1 Å². The van der Waals surface area contributed by atoms with E-state index in [9.17, 15) is 14.4 Å². The highest BCUT2D eigenvalue weighted by molar-refractivity contribution is 8.00. The molecule has 2 atom stereocenters. The number of rotatable bonds is 4. The first-order valence-corrected chi connectivity index (χ1v) is 9.03. The van der Waals surface area contributed by atoms with Crippen molar-refractivity contribution < 1.29 is 19.5 Å². The first-order valence-electron chi connectivity index (χ1n) is 6.34. The van der Waals surface area contributed by atoms with Gasteiger partial charge in [0.1, 0.15) is 17.1 Å². The van der Waals surface area contributed by atoms with Crippen molar-refractivity contribution in [1.82, 2.24) is 15.2 Å². The summed E-state index contributed by atoms with van der Waals surface area (Å²) in [4.78, 5) is 40.5. The summed E-state index contributed by atoms with van der Waals surface area (Å²) in [7, 11) is 0. The highest BCUT2D eigenvalue weighted by Gasteiger charge is 2.54. The van der Waals surface area contributed by atoms with Gasteiger partial charge in [0, 0.05) is 11.1 Å². The molecule has 11 heteroatoms. The van der Waals surface area contributed by atoms with Gasteiger partial charge in [-0.05, 0) is 0 Å². The minimum absolute atomic E-state index is 0.00672. The van der Waals surface area contributed by atoms with Crippen LogP contribution in [-0.2, 0) is 20.8 Å². The van der Waals surface area contributed by atoms with Crippen LogP contribution >= 0.6 is 46.3 Å². The van der Waals surface area contributed by atoms with Gasteiger partial charge in [0.2, 0.25) is 5.91 Å². The van der Waals surface area contributed by atoms with Gasteiger partial charge in [-0.15, -0.1) is 23.1 Å². The maximum Gasteiger partial charge on any atom is 0.353 e. The monoisotopic (exact) mass is 393 g/mol. The molecule has 0 radical (unpaired) electrons. The Balaban J connectivity index is 1.66. The molecule has 2 amide bonds. The molecule has 0 unspecified atom stereocenters. The summed E-state index contributed by atoms with van der Waals surface area (Å²) in [5.41, 5.74) is 0.309. The van der Waals surface area contributed by atoms with Crippen molar-refractivity contribution in [2.45, 2.75) is 17.8 Å². The number of amides is 2. The Morgan fingerprint density at radius 3 is 2.83 bits per heavy atom. The average molecular weight is 394 g/mol. The quantitative estimate of drug-likeness (QED) is 0.747. The van der Waals surface area contributed by atoms with Crippen molar-refractivity contribution in [3.63, 3.8) is 0 Å². The average Bonchev–Trinajstić information content (AvgIpc) is 2.89. The molecule has 1 aromatic heterocycles. The largest absolute Gasteiger partial charge is 0.477 e. The van der Waals surface area contributed by atoms with E-state index < -0.39 is 23.3 Å². The van der Waals surface area contributed by atoms with E-state index in [1.807, 2.05) is 0 Å². The second-order valence-corrected chi connectivity index (χ2v) is 7.78. The van der Waals surface area contributed by atoms with E-state index in [1.54, 1.807) is 5.38 Å². The number of thiazole rings is 1. The van der Waals surface area contributed by atoms with E-state index in [4.69, 9.17) is 28.3 Å². The molecule has 0 bridgehead atoms. The van der Waals surface area contributed by atoms with Crippen molar-refractivity contribution in [3.05, 3.63) is 26.3 Å². The minimum atomic E-state index is -1.25. The molecule has 1 saturated heterocycles. The standard InChI is InChI=1S/C12H9Cl2N3O4S2/c13-5-3-22-10-7(9(19)17(10)8(5)11(20)21)16-6(18)1-4-2-23-12(14)15-4/h2,7,10H,1,3H2,(H,16,18)(H,20,21)/t7-,10-/m1/s1. The molecule has 0 spiro atoms. The van der Waals surface area contributed by atoms with Crippen LogP contribution in [0.4, 0.5) is 0 Å². The molecule has 2 aliphatic rings. The summed E-state index contributed by atoms with van der Waals surface area (Å²) in [6.45, 7) is 0. The SMILES string of the molecule is O=C(Cc1csc(Cl)n1)N[C@@H]1C(=O)N2C(C(=O)O)=C(Cl)CS[C@H]12. The van der Waals surface area contributed by atoms with Gasteiger partial charge in [-0.3, -0.25) is 14.5 Å². The fourth-order valence-electron chi connectivity index (χ4n) is 2.33. The Bertz CT molecular complexity index is 736. The highest BCUT2D eigenvalue weighted by Crippen LogP contribution is 2.41. The number of carboxylic acids is 1. The molecule has 23 heavy (non-hydrogen) atoms. The van der Waals surface area contributed by atoms with Gasteiger partial charge in [0.25, 0.3) is 5.91 Å².